The zero-order valence-corrected chi connectivity index (χ0v) is 15.8. The molecule has 6 nitrogen and oxygen atoms in total. The van der Waals surface area contributed by atoms with Crippen LogP contribution in [0.4, 0.5) is 0 Å². The molecule has 1 saturated heterocycles. The number of carbonyl (C=O) groups excluding carboxylic acids is 1. The second-order valence-corrected chi connectivity index (χ2v) is 8.05. The largest absolute Gasteiger partial charge is 0.342 e. The summed E-state index contributed by atoms with van der Waals surface area (Å²) in [6.07, 6.45) is 8.59. The number of rotatable bonds is 3. The monoisotopic (exact) mass is 368 g/mol. The SMILES string of the molecule is O=C(C1CCC(Cn2nnc3ccccc3c2=O)CC1)N1CCCCCC1. The van der Waals surface area contributed by atoms with Gasteiger partial charge in [0.15, 0.2) is 0 Å². The minimum atomic E-state index is -0.0663. The molecule has 4 rings (SSSR count). The van der Waals surface area contributed by atoms with Crippen molar-refractivity contribution in [2.24, 2.45) is 11.8 Å². The summed E-state index contributed by atoms with van der Waals surface area (Å²) in [5.74, 6) is 0.920. The van der Waals surface area contributed by atoms with Crippen LogP contribution in [-0.4, -0.2) is 38.9 Å². The van der Waals surface area contributed by atoms with Crippen LogP contribution in [0.1, 0.15) is 51.4 Å². The summed E-state index contributed by atoms with van der Waals surface area (Å²) in [5, 5.41) is 8.91. The van der Waals surface area contributed by atoms with Gasteiger partial charge in [0.25, 0.3) is 5.56 Å². The van der Waals surface area contributed by atoms with Gasteiger partial charge in [0.1, 0.15) is 5.52 Å². The zero-order valence-electron chi connectivity index (χ0n) is 15.8. The Morgan fingerprint density at radius 3 is 2.44 bits per heavy atom. The number of likely N-dealkylation sites (tertiary alicyclic amines) is 1. The highest BCUT2D eigenvalue weighted by Crippen LogP contribution is 2.31. The molecule has 1 saturated carbocycles. The minimum absolute atomic E-state index is 0.0663. The normalized spacial score (nSPS) is 23.9. The number of hydrogen-bond donors (Lipinski definition) is 0. The molecule has 0 bridgehead atoms. The number of aromatic nitrogens is 3. The third kappa shape index (κ3) is 4.04. The molecular formula is C21H28N4O2. The number of fused-ring (bicyclic) bond motifs is 1. The first-order valence-electron chi connectivity index (χ1n) is 10.3. The summed E-state index contributed by atoms with van der Waals surface area (Å²) >= 11 is 0. The Balaban J connectivity index is 1.36. The fraction of sp³-hybridized carbons (Fsp3) is 0.619. The van der Waals surface area contributed by atoms with Gasteiger partial charge in [-0.25, -0.2) is 4.68 Å². The third-order valence-corrected chi connectivity index (χ3v) is 6.17. The highest BCUT2D eigenvalue weighted by Gasteiger charge is 2.30. The van der Waals surface area contributed by atoms with Crippen molar-refractivity contribution in [3.63, 3.8) is 0 Å². The summed E-state index contributed by atoms with van der Waals surface area (Å²) < 4.78 is 1.50. The molecule has 2 aromatic rings. The summed E-state index contributed by atoms with van der Waals surface area (Å²) in [7, 11) is 0. The van der Waals surface area contributed by atoms with Crippen LogP contribution < -0.4 is 5.56 Å². The van der Waals surface area contributed by atoms with Gasteiger partial charge < -0.3 is 4.90 Å². The van der Waals surface area contributed by atoms with E-state index in [1.807, 2.05) is 18.2 Å². The first-order chi connectivity index (χ1) is 13.2. The van der Waals surface area contributed by atoms with Crippen molar-refractivity contribution in [1.29, 1.82) is 0 Å². The molecule has 144 valence electrons. The van der Waals surface area contributed by atoms with E-state index in [1.54, 1.807) is 6.07 Å². The summed E-state index contributed by atoms with van der Waals surface area (Å²) in [5.41, 5.74) is 0.578. The van der Waals surface area contributed by atoms with Gasteiger partial charge >= 0.3 is 0 Å². The van der Waals surface area contributed by atoms with Gasteiger partial charge in [-0.3, -0.25) is 9.59 Å². The van der Waals surface area contributed by atoms with E-state index in [-0.39, 0.29) is 11.5 Å². The van der Waals surface area contributed by atoms with Gasteiger partial charge in [0.05, 0.1) is 5.39 Å². The van der Waals surface area contributed by atoms with E-state index in [4.69, 9.17) is 0 Å². The maximum atomic E-state index is 12.8. The second-order valence-electron chi connectivity index (χ2n) is 8.05. The Bertz CT molecular complexity index is 847. The molecule has 2 aliphatic rings. The van der Waals surface area contributed by atoms with Gasteiger partial charge in [0, 0.05) is 25.6 Å². The number of hydrogen-bond acceptors (Lipinski definition) is 4. The number of nitrogens with zero attached hydrogens (tertiary/aromatic N) is 4. The number of carbonyl (C=O) groups is 1. The standard InChI is InChI=1S/C21H28N4O2/c26-20(24-13-5-1-2-6-14-24)17-11-9-16(10-12-17)15-25-21(27)18-7-3-4-8-19(18)22-23-25/h3-4,7-8,16-17H,1-2,5-6,9-15H2. The Morgan fingerprint density at radius 2 is 1.70 bits per heavy atom. The minimum Gasteiger partial charge on any atom is -0.342 e. The maximum Gasteiger partial charge on any atom is 0.277 e. The van der Waals surface area contributed by atoms with E-state index >= 15 is 0 Å². The summed E-state index contributed by atoms with van der Waals surface area (Å²) in [6.45, 7) is 2.46. The van der Waals surface area contributed by atoms with Crippen LogP contribution >= 0.6 is 0 Å². The Morgan fingerprint density at radius 1 is 1.00 bits per heavy atom. The fourth-order valence-corrected chi connectivity index (χ4v) is 4.53. The summed E-state index contributed by atoms with van der Waals surface area (Å²) in [4.78, 5) is 27.5. The van der Waals surface area contributed by atoms with Crippen LogP contribution in [0.5, 0.6) is 0 Å². The lowest BCUT2D eigenvalue weighted by atomic mass is 9.81. The molecule has 2 fully saturated rings. The van der Waals surface area contributed by atoms with Crippen molar-refractivity contribution in [3.8, 4) is 0 Å². The van der Waals surface area contributed by atoms with Crippen molar-refractivity contribution >= 4 is 16.8 Å². The Kier molecular flexibility index (Phi) is 5.50. The average Bonchev–Trinajstić information content (AvgIpc) is 3.00. The molecule has 27 heavy (non-hydrogen) atoms. The van der Waals surface area contributed by atoms with Crippen molar-refractivity contribution < 1.29 is 4.79 Å². The molecule has 0 radical (unpaired) electrons. The fourth-order valence-electron chi connectivity index (χ4n) is 4.53. The quantitative estimate of drug-likeness (QED) is 0.835. The maximum absolute atomic E-state index is 12.8. The Hall–Kier alpha value is -2.24. The van der Waals surface area contributed by atoms with Gasteiger partial charge in [-0.2, -0.15) is 0 Å². The smallest absolute Gasteiger partial charge is 0.277 e. The van der Waals surface area contributed by atoms with E-state index in [2.05, 4.69) is 15.2 Å². The van der Waals surface area contributed by atoms with Crippen LogP contribution in [0.3, 0.4) is 0 Å². The molecule has 1 aromatic carbocycles. The second kappa shape index (κ2) is 8.19. The molecule has 1 aromatic heterocycles. The van der Waals surface area contributed by atoms with Gasteiger partial charge in [0.2, 0.25) is 5.91 Å². The van der Waals surface area contributed by atoms with Gasteiger partial charge in [-0.1, -0.05) is 30.2 Å². The molecule has 1 aliphatic heterocycles. The zero-order chi connectivity index (χ0) is 18.6. The van der Waals surface area contributed by atoms with Crippen LogP contribution in [0, 0.1) is 11.8 Å². The lowest BCUT2D eigenvalue weighted by Gasteiger charge is -2.31. The van der Waals surface area contributed by atoms with E-state index < -0.39 is 0 Å². The van der Waals surface area contributed by atoms with Gasteiger partial charge in [-0.05, 0) is 56.6 Å². The van der Waals surface area contributed by atoms with Crippen molar-refractivity contribution in [2.75, 3.05) is 13.1 Å². The number of benzene rings is 1. The van der Waals surface area contributed by atoms with Crippen molar-refractivity contribution in [3.05, 3.63) is 34.6 Å². The van der Waals surface area contributed by atoms with Gasteiger partial charge in [-0.15, -0.1) is 5.10 Å². The molecule has 6 heteroatoms. The third-order valence-electron chi connectivity index (χ3n) is 6.17. The van der Waals surface area contributed by atoms with E-state index in [9.17, 15) is 9.59 Å². The lowest BCUT2D eigenvalue weighted by molar-refractivity contribution is -0.136. The first-order valence-corrected chi connectivity index (χ1v) is 10.3. The molecule has 0 spiro atoms. The van der Waals surface area contributed by atoms with Crippen LogP contribution in [0.2, 0.25) is 0 Å². The number of amides is 1. The van der Waals surface area contributed by atoms with E-state index in [1.165, 1.54) is 17.5 Å². The lowest BCUT2D eigenvalue weighted by Crippen LogP contribution is -2.39. The first kappa shape index (κ1) is 18.1. The van der Waals surface area contributed by atoms with E-state index in [0.717, 1.165) is 51.6 Å². The average molecular weight is 368 g/mol. The topological polar surface area (TPSA) is 68.1 Å². The van der Waals surface area contributed by atoms with E-state index in [0.29, 0.717) is 29.3 Å². The Labute approximate surface area is 159 Å². The van der Waals surface area contributed by atoms with Crippen LogP contribution in [-0.2, 0) is 11.3 Å². The molecule has 2 heterocycles. The predicted molar refractivity (Wildman–Crippen MR) is 104 cm³/mol. The van der Waals surface area contributed by atoms with Crippen LogP contribution in [0.25, 0.3) is 10.9 Å². The van der Waals surface area contributed by atoms with Crippen LogP contribution in [0.15, 0.2) is 29.1 Å². The molecule has 1 amide bonds. The molecular weight excluding hydrogens is 340 g/mol. The molecule has 0 N–H and O–H groups in total. The molecule has 0 unspecified atom stereocenters. The van der Waals surface area contributed by atoms with Crippen molar-refractivity contribution in [1.82, 2.24) is 19.9 Å². The summed E-state index contributed by atoms with van der Waals surface area (Å²) in [6, 6.07) is 7.34. The highest BCUT2D eigenvalue weighted by molar-refractivity contribution is 5.79. The molecule has 1 aliphatic carbocycles. The predicted octanol–water partition coefficient (Wildman–Crippen LogP) is 3.00. The highest BCUT2D eigenvalue weighted by atomic mass is 16.2. The molecule has 0 atom stereocenters. The van der Waals surface area contributed by atoms with Crippen molar-refractivity contribution in [2.45, 2.75) is 57.9 Å².